The molecule has 2 rings (SSSR count). The lowest BCUT2D eigenvalue weighted by atomic mass is 9.87. The van der Waals surface area contributed by atoms with Crippen LogP contribution in [0.2, 0.25) is 0 Å². The first-order valence-corrected chi connectivity index (χ1v) is 16.7. The van der Waals surface area contributed by atoms with E-state index in [1.165, 1.54) is 25.3 Å². The summed E-state index contributed by atoms with van der Waals surface area (Å²) in [5.41, 5.74) is 1.65. The maximum Gasteiger partial charge on any atom is 0.326 e. The van der Waals surface area contributed by atoms with Crippen LogP contribution in [-0.4, -0.2) is 77.3 Å². The largest absolute Gasteiger partial charge is 0.481 e. The summed E-state index contributed by atoms with van der Waals surface area (Å²) in [5.74, 6) is -7.59. The minimum absolute atomic E-state index is 0.0288. The number of anilines is 1. The molecule has 0 aromatic heterocycles. The number of carboxylic acids is 3. The molecule has 0 bridgehead atoms. The number of amides is 1. The van der Waals surface area contributed by atoms with Gasteiger partial charge in [-0.15, -0.1) is 0 Å². The molecule has 1 saturated heterocycles. The number of ether oxygens (including phenoxy) is 1. The molecule has 0 spiro atoms. The first-order chi connectivity index (χ1) is 22.1. The lowest BCUT2D eigenvalue weighted by molar-refractivity contribution is -0.152. The lowest BCUT2D eigenvalue weighted by Crippen LogP contribution is -2.47. The zero-order chi connectivity index (χ0) is 33.7. The summed E-state index contributed by atoms with van der Waals surface area (Å²) in [4.78, 5) is 63.0. The van der Waals surface area contributed by atoms with Crippen LogP contribution >= 0.6 is 0 Å². The van der Waals surface area contributed by atoms with Crippen molar-refractivity contribution in [3.63, 3.8) is 0 Å². The SMILES string of the molecule is CCCCCCCC(=O)CCCCCC/C=C/[C@H](C(=O)N[C@@H](Cc1ccc(N2CCOCC2)cc1)C(=O)O)[C@@H](CC(=O)O)C(=O)O. The van der Waals surface area contributed by atoms with E-state index in [4.69, 9.17) is 4.74 Å². The quantitative estimate of drug-likeness (QED) is 0.0860. The number of carbonyl (C=O) groups is 5. The van der Waals surface area contributed by atoms with Gasteiger partial charge in [-0.3, -0.25) is 19.2 Å². The third-order valence-corrected chi connectivity index (χ3v) is 8.29. The van der Waals surface area contributed by atoms with Crippen molar-refractivity contribution in [2.24, 2.45) is 11.8 Å². The van der Waals surface area contributed by atoms with E-state index < -0.39 is 48.1 Å². The number of nitrogens with zero attached hydrogens (tertiary/aromatic N) is 1. The van der Waals surface area contributed by atoms with Crippen molar-refractivity contribution in [1.29, 1.82) is 0 Å². The van der Waals surface area contributed by atoms with Gasteiger partial charge in [-0.05, 0) is 43.4 Å². The second-order valence-corrected chi connectivity index (χ2v) is 12.0. The molecular weight excluding hydrogens is 592 g/mol. The van der Waals surface area contributed by atoms with Crippen LogP contribution in [0.5, 0.6) is 0 Å². The van der Waals surface area contributed by atoms with Gasteiger partial charge in [0.2, 0.25) is 5.91 Å². The van der Waals surface area contributed by atoms with E-state index in [1.54, 1.807) is 18.2 Å². The Labute approximate surface area is 272 Å². The molecule has 0 saturated carbocycles. The summed E-state index contributed by atoms with van der Waals surface area (Å²) in [6, 6.07) is 6.01. The fourth-order valence-corrected chi connectivity index (χ4v) is 5.56. The van der Waals surface area contributed by atoms with Crippen LogP contribution in [0.4, 0.5) is 5.69 Å². The van der Waals surface area contributed by atoms with Gasteiger partial charge in [0.05, 0.1) is 31.5 Å². The van der Waals surface area contributed by atoms with Gasteiger partial charge in [0, 0.05) is 38.0 Å². The number of rotatable bonds is 24. The normalized spacial score (nSPS) is 15.3. The standard InChI is InChI=1S/C35H52N2O9/c1-2-3-4-7-10-13-28(38)14-11-8-5-6-9-12-15-29(30(34(42)43)25-32(39)40)33(41)36-31(35(44)45)24-26-16-18-27(19-17-26)37-20-22-46-23-21-37/h12,15-19,29-31H,2-11,13-14,20-25H2,1H3,(H,36,41)(H,39,40)(H,42,43)(H,44,45)/b15-12+/t29-,30+,31-/m0/s1. The monoisotopic (exact) mass is 644 g/mol. The molecule has 11 heteroatoms. The molecule has 1 aromatic carbocycles. The summed E-state index contributed by atoms with van der Waals surface area (Å²) in [6.45, 7) is 4.93. The molecule has 0 aliphatic carbocycles. The zero-order valence-electron chi connectivity index (χ0n) is 27.2. The van der Waals surface area contributed by atoms with Crippen molar-refractivity contribution in [3.05, 3.63) is 42.0 Å². The Balaban J connectivity index is 1.93. The molecule has 1 heterocycles. The predicted molar refractivity (Wildman–Crippen MR) is 175 cm³/mol. The van der Waals surface area contributed by atoms with Crippen molar-refractivity contribution in [2.45, 2.75) is 103 Å². The van der Waals surface area contributed by atoms with Crippen molar-refractivity contribution < 1.29 is 44.0 Å². The molecule has 1 amide bonds. The Morgan fingerprint density at radius 2 is 1.46 bits per heavy atom. The molecule has 11 nitrogen and oxygen atoms in total. The first kappa shape index (κ1) is 38.5. The zero-order valence-corrected chi connectivity index (χ0v) is 27.2. The molecule has 4 N–H and O–H groups in total. The number of Topliss-reactive ketones (excluding diaryl/α,β-unsaturated/α-hetero) is 1. The number of benzene rings is 1. The summed E-state index contributed by atoms with van der Waals surface area (Å²) in [7, 11) is 0. The van der Waals surface area contributed by atoms with Gasteiger partial charge >= 0.3 is 17.9 Å². The van der Waals surface area contributed by atoms with Gasteiger partial charge in [0.15, 0.2) is 0 Å². The Morgan fingerprint density at radius 1 is 0.848 bits per heavy atom. The van der Waals surface area contributed by atoms with E-state index >= 15 is 0 Å². The Morgan fingerprint density at radius 3 is 2.02 bits per heavy atom. The van der Waals surface area contributed by atoms with Crippen LogP contribution in [-0.2, 0) is 35.1 Å². The highest BCUT2D eigenvalue weighted by Crippen LogP contribution is 2.22. The van der Waals surface area contributed by atoms with Gasteiger partial charge < -0.3 is 30.3 Å². The van der Waals surface area contributed by atoms with Gasteiger partial charge in [0.1, 0.15) is 11.8 Å². The van der Waals surface area contributed by atoms with E-state index in [9.17, 15) is 39.3 Å². The maximum absolute atomic E-state index is 13.3. The predicted octanol–water partition coefficient (Wildman–Crippen LogP) is 5.25. The van der Waals surface area contributed by atoms with E-state index in [0.29, 0.717) is 43.8 Å². The van der Waals surface area contributed by atoms with Crippen LogP contribution in [0.25, 0.3) is 0 Å². The molecule has 1 aliphatic heterocycles. The number of morpholine rings is 1. The van der Waals surface area contributed by atoms with Crippen LogP contribution in [0, 0.1) is 11.8 Å². The molecule has 3 atom stereocenters. The number of aliphatic carboxylic acids is 3. The minimum atomic E-state index is -1.57. The number of unbranched alkanes of at least 4 members (excludes halogenated alkanes) is 8. The molecule has 256 valence electrons. The molecule has 1 aliphatic rings. The third-order valence-electron chi connectivity index (χ3n) is 8.29. The Bertz CT molecular complexity index is 1130. The van der Waals surface area contributed by atoms with E-state index in [1.807, 2.05) is 12.1 Å². The van der Waals surface area contributed by atoms with Gasteiger partial charge in [-0.2, -0.15) is 0 Å². The molecule has 46 heavy (non-hydrogen) atoms. The van der Waals surface area contributed by atoms with Crippen LogP contribution in [0.3, 0.4) is 0 Å². The maximum atomic E-state index is 13.3. The summed E-state index contributed by atoms with van der Waals surface area (Å²) < 4.78 is 5.38. The number of carboxylic acid groups (broad SMARTS) is 3. The smallest absolute Gasteiger partial charge is 0.326 e. The molecule has 0 radical (unpaired) electrons. The van der Waals surface area contributed by atoms with E-state index in [-0.39, 0.29) is 6.42 Å². The number of hydrogen-bond donors (Lipinski definition) is 4. The highest BCUT2D eigenvalue weighted by molar-refractivity contribution is 5.91. The summed E-state index contributed by atoms with van der Waals surface area (Å²) in [5, 5.41) is 31.4. The third kappa shape index (κ3) is 15.0. The molecule has 1 fully saturated rings. The van der Waals surface area contributed by atoms with Crippen molar-refractivity contribution in [1.82, 2.24) is 5.32 Å². The number of hydrogen-bond acceptors (Lipinski definition) is 7. The topological polar surface area (TPSA) is 171 Å². The Hall–Kier alpha value is -3.73. The number of ketones is 1. The minimum Gasteiger partial charge on any atom is -0.481 e. The number of allylic oxidation sites excluding steroid dienone is 1. The fraction of sp³-hybridized carbons (Fsp3) is 0.629. The Kier molecular flexibility index (Phi) is 18.3. The van der Waals surface area contributed by atoms with Crippen molar-refractivity contribution in [2.75, 3.05) is 31.2 Å². The second-order valence-electron chi connectivity index (χ2n) is 12.0. The van der Waals surface area contributed by atoms with Crippen LogP contribution in [0.15, 0.2) is 36.4 Å². The highest BCUT2D eigenvalue weighted by atomic mass is 16.5. The molecular formula is C35H52N2O9. The average Bonchev–Trinajstić information content (AvgIpc) is 3.03. The summed E-state index contributed by atoms with van der Waals surface area (Å²) >= 11 is 0. The highest BCUT2D eigenvalue weighted by Gasteiger charge is 2.35. The number of carbonyl (C=O) groups excluding carboxylic acids is 2. The van der Waals surface area contributed by atoms with Gasteiger partial charge in [0.25, 0.3) is 0 Å². The van der Waals surface area contributed by atoms with Gasteiger partial charge in [-0.1, -0.05) is 69.7 Å². The first-order valence-electron chi connectivity index (χ1n) is 16.7. The summed E-state index contributed by atoms with van der Waals surface area (Å²) in [6.07, 6.45) is 12.9. The van der Waals surface area contributed by atoms with Crippen molar-refractivity contribution in [3.8, 4) is 0 Å². The van der Waals surface area contributed by atoms with Crippen LogP contribution < -0.4 is 10.2 Å². The van der Waals surface area contributed by atoms with Gasteiger partial charge in [-0.25, -0.2) is 4.79 Å². The molecule has 0 unspecified atom stereocenters. The van der Waals surface area contributed by atoms with Crippen LogP contribution in [0.1, 0.15) is 96.0 Å². The fourth-order valence-electron chi connectivity index (χ4n) is 5.56. The average molecular weight is 645 g/mol. The van der Waals surface area contributed by atoms with E-state index in [0.717, 1.165) is 57.3 Å². The van der Waals surface area contributed by atoms with E-state index in [2.05, 4.69) is 17.1 Å². The lowest BCUT2D eigenvalue weighted by Gasteiger charge is -2.29. The molecule has 1 aromatic rings. The second kappa shape index (κ2) is 21.9. The number of nitrogens with one attached hydrogen (secondary N) is 1. The van der Waals surface area contributed by atoms with Crippen molar-refractivity contribution >= 4 is 35.3 Å².